The lowest BCUT2D eigenvalue weighted by Crippen LogP contribution is -2.46. The van der Waals surface area contributed by atoms with Gasteiger partial charge in [0.2, 0.25) is 0 Å². The van der Waals surface area contributed by atoms with Crippen LogP contribution in [0.3, 0.4) is 0 Å². The van der Waals surface area contributed by atoms with E-state index in [1.54, 1.807) is 25.3 Å². The van der Waals surface area contributed by atoms with Crippen LogP contribution in [-0.4, -0.2) is 52.5 Å². The number of likely N-dealkylation sites (N-methyl/N-ethyl adjacent to an activating group) is 1. The molecule has 0 bridgehead atoms. The predicted molar refractivity (Wildman–Crippen MR) is 64.6 cm³/mol. The highest BCUT2D eigenvalue weighted by Gasteiger charge is 2.30. The molecule has 2 aliphatic rings. The number of nitrogens with one attached hydrogen (secondary N) is 1. The Morgan fingerprint density at radius 3 is 2.50 bits per heavy atom. The number of urea groups is 1. The number of allylic oxidation sites excluding steroid dienone is 2. The van der Waals surface area contributed by atoms with Gasteiger partial charge in [0.25, 0.3) is 0 Å². The van der Waals surface area contributed by atoms with Crippen LogP contribution in [-0.2, 0) is 4.79 Å². The van der Waals surface area contributed by atoms with Gasteiger partial charge >= 0.3 is 12.0 Å². The van der Waals surface area contributed by atoms with Gasteiger partial charge in [0.15, 0.2) is 0 Å². The molecule has 0 aromatic heterocycles. The van der Waals surface area contributed by atoms with E-state index < -0.39 is 17.7 Å². The van der Waals surface area contributed by atoms with Gasteiger partial charge in [-0.25, -0.2) is 9.59 Å². The van der Waals surface area contributed by atoms with Crippen molar-refractivity contribution >= 4 is 12.0 Å². The van der Waals surface area contributed by atoms with E-state index in [1.807, 2.05) is 0 Å². The van der Waals surface area contributed by atoms with Crippen LogP contribution in [0.15, 0.2) is 24.3 Å². The summed E-state index contributed by atoms with van der Waals surface area (Å²) in [6, 6.07) is -0.211. The standard InChI is InChI=1S/C7H9NO2.C4H8N2O2/c8-7(6(9)10)4-2-1-3-5-7;1-6-2-3(7)5-4(6)8/h1-4H,5,8H2,(H,9,10);3,7H,2H2,1H3,(H,5,8). The fourth-order valence-corrected chi connectivity index (χ4v) is 1.44. The number of β-amino-alcohol motifs (C(OH)–C–C–N with tert-alkyl or cyclic N) is 1. The van der Waals surface area contributed by atoms with Crippen molar-refractivity contribution in [3.63, 3.8) is 0 Å². The number of carbonyl (C=O) groups is 2. The van der Waals surface area contributed by atoms with Crippen molar-refractivity contribution in [3.05, 3.63) is 24.3 Å². The first-order valence-corrected chi connectivity index (χ1v) is 5.41. The molecule has 2 amide bonds. The molecule has 2 atom stereocenters. The molecule has 0 spiro atoms. The molecule has 2 unspecified atom stereocenters. The van der Waals surface area contributed by atoms with E-state index in [4.69, 9.17) is 15.9 Å². The summed E-state index contributed by atoms with van der Waals surface area (Å²) in [6.07, 6.45) is 6.38. The average Bonchev–Trinajstić information content (AvgIpc) is 2.58. The third-order valence-electron chi connectivity index (χ3n) is 2.58. The maximum atomic E-state index is 10.5. The number of hydrogen-bond acceptors (Lipinski definition) is 4. The highest BCUT2D eigenvalue weighted by Crippen LogP contribution is 2.13. The van der Waals surface area contributed by atoms with E-state index in [-0.39, 0.29) is 6.03 Å². The molecule has 1 heterocycles. The van der Waals surface area contributed by atoms with Crippen molar-refractivity contribution < 1.29 is 19.8 Å². The molecule has 1 fully saturated rings. The maximum Gasteiger partial charge on any atom is 0.328 e. The van der Waals surface area contributed by atoms with Crippen LogP contribution >= 0.6 is 0 Å². The zero-order valence-corrected chi connectivity index (χ0v) is 10.0. The number of carboxylic acids is 1. The van der Waals surface area contributed by atoms with Crippen molar-refractivity contribution in [2.75, 3.05) is 13.6 Å². The molecule has 1 aliphatic carbocycles. The summed E-state index contributed by atoms with van der Waals surface area (Å²) in [6.45, 7) is 0.388. The molecule has 0 saturated carbocycles. The molecule has 18 heavy (non-hydrogen) atoms. The summed E-state index contributed by atoms with van der Waals surface area (Å²) in [4.78, 5) is 22.3. The van der Waals surface area contributed by atoms with Crippen LogP contribution in [0.1, 0.15) is 6.42 Å². The normalized spacial score (nSPS) is 29.6. The SMILES string of the molecule is CN1CC(O)NC1=O.NC1(C(=O)O)C=CC=CC1. The Hall–Kier alpha value is -1.86. The maximum absolute atomic E-state index is 10.5. The number of carboxylic acid groups (broad SMARTS) is 1. The van der Waals surface area contributed by atoms with Gasteiger partial charge in [-0.2, -0.15) is 0 Å². The molecule has 0 aromatic carbocycles. The lowest BCUT2D eigenvalue weighted by molar-refractivity contribution is -0.141. The van der Waals surface area contributed by atoms with E-state index >= 15 is 0 Å². The summed E-state index contributed by atoms with van der Waals surface area (Å²) in [5.41, 5.74) is 4.29. The lowest BCUT2D eigenvalue weighted by Gasteiger charge is -2.20. The van der Waals surface area contributed by atoms with Crippen molar-refractivity contribution in [1.29, 1.82) is 0 Å². The van der Waals surface area contributed by atoms with Crippen molar-refractivity contribution in [2.45, 2.75) is 18.2 Å². The average molecular weight is 255 g/mol. The van der Waals surface area contributed by atoms with E-state index in [0.717, 1.165) is 0 Å². The number of rotatable bonds is 1. The van der Waals surface area contributed by atoms with E-state index in [9.17, 15) is 9.59 Å². The van der Waals surface area contributed by atoms with Gasteiger partial charge in [-0.1, -0.05) is 24.3 Å². The lowest BCUT2D eigenvalue weighted by atomic mass is 9.93. The van der Waals surface area contributed by atoms with Crippen molar-refractivity contribution in [1.82, 2.24) is 10.2 Å². The molecular weight excluding hydrogens is 238 g/mol. The molecule has 7 nitrogen and oxygen atoms in total. The third kappa shape index (κ3) is 3.57. The summed E-state index contributed by atoms with van der Waals surface area (Å²) in [5.74, 6) is -0.979. The zero-order valence-electron chi connectivity index (χ0n) is 10.0. The zero-order chi connectivity index (χ0) is 13.8. The largest absolute Gasteiger partial charge is 0.480 e. The molecule has 100 valence electrons. The van der Waals surface area contributed by atoms with Crippen molar-refractivity contribution in [2.24, 2.45) is 5.73 Å². The minimum Gasteiger partial charge on any atom is -0.480 e. The van der Waals surface area contributed by atoms with Crippen LogP contribution in [0.2, 0.25) is 0 Å². The molecule has 0 radical (unpaired) electrons. The van der Waals surface area contributed by atoms with Crippen LogP contribution in [0, 0.1) is 0 Å². The first-order valence-electron chi connectivity index (χ1n) is 5.41. The van der Waals surface area contributed by atoms with Crippen molar-refractivity contribution in [3.8, 4) is 0 Å². The van der Waals surface area contributed by atoms with Gasteiger partial charge in [-0.15, -0.1) is 0 Å². The second-order valence-corrected chi connectivity index (χ2v) is 4.18. The highest BCUT2D eigenvalue weighted by atomic mass is 16.4. The summed E-state index contributed by atoms with van der Waals surface area (Å²) in [7, 11) is 1.63. The van der Waals surface area contributed by atoms with Gasteiger partial charge in [0, 0.05) is 7.05 Å². The van der Waals surface area contributed by atoms with Crippen LogP contribution in [0.25, 0.3) is 0 Å². The number of amides is 2. The molecule has 1 saturated heterocycles. The molecule has 2 rings (SSSR count). The topological polar surface area (TPSA) is 116 Å². The van der Waals surface area contributed by atoms with E-state index in [1.165, 1.54) is 11.0 Å². The minimum absolute atomic E-state index is 0.211. The highest BCUT2D eigenvalue weighted by molar-refractivity contribution is 5.81. The molecule has 7 heteroatoms. The van der Waals surface area contributed by atoms with Gasteiger partial charge in [0.05, 0.1) is 6.54 Å². The minimum atomic E-state index is -1.17. The van der Waals surface area contributed by atoms with Gasteiger partial charge in [-0.3, -0.25) is 0 Å². The number of aliphatic carboxylic acids is 1. The Bertz CT molecular complexity index is 394. The second-order valence-electron chi connectivity index (χ2n) is 4.18. The van der Waals surface area contributed by atoms with Crippen LogP contribution < -0.4 is 11.1 Å². The Morgan fingerprint density at radius 1 is 1.61 bits per heavy atom. The third-order valence-corrected chi connectivity index (χ3v) is 2.58. The predicted octanol–water partition coefficient (Wildman–Crippen LogP) is -0.756. The molecule has 1 aliphatic heterocycles. The smallest absolute Gasteiger partial charge is 0.328 e. The number of aliphatic hydroxyl groups excluding tert-OH is 1. The fraction of sp³-hybridized carbons (Fsp3) is 0.455. The Morgan fingerprint density at radius 2 is 2.28 bits per heavy atom. The molecule has 5 N–H and O–H groups in total. The van der Waals surface area contributed by atoms with E-state index in [2.05, 4.69) is 5.32 Å². The fourth-order valence-electron chi connectivity index (χ4n) is 1.44. The van der Waals surface area contributed by atoms with Gasteiger partial charge in [-0.05, 0) is 6.42 Å². The first kappa shape index (κ1) is 14.2. The van der Waals surface area contributed by atoms with Gasteiger partial charge in [0.1, 0.15) is 11.8 Å². The van der Waals surface area contributed by atoms with Crippen LogP contribution in [0.5, 0.6) is 0 Å². The second kappa shape index (κ2) is 5.65. The monoisotopic (exact) mass is 255 g/mol. The number of hydrogen-bond donors (Lipinski definition) is 4. The summed E-state index contributed by atoms with van der Waals surface area (Å²) < 4.78 is 0. The van der Waals surface area contributed by atoms with Crippen LogP contribution in [0.4, 0.5) is 4.79 Å². The Labute approximate surface area is 105 Å². The first-order chi connectivity index (χ1) is 8.35. The van der Waals surface area contributed by atoms with E-state index in [0.29, 0.717) is 13.0 Å². The number of aliphatic hydroxyl groups is 1. The molecule has 0 aromatic rings. The number of nitrogens with zero attached hydrogens (tertiary/aromatic N) is 1. The summed E-state index contributed by atoms with van der Waals surface area (Å²) in [5, 5.41) is 19.6. The number of nitrogens with two attached hydrogens (primary N) is 1. The molecular formula is C11H17N3O4. The summed E-state index contributed by atoms with van der Waals surface area (Å²) >= 11 is 0. The Balaban J connectivity index is 0.000000184. The quantitative estimate of drug-likeness (QED) is 0.491. The number of carbonyl (C=O) groups excluding carboxylic acids is 1. The Kier molecular flexibility index (Phi) is 4.46. The van der Waals surface area contributed by atoms with Gasteiger partial charge < -0.3 is 26.2 Å².